The molecule has 2 aromatic carbocycles. The third-order valence-corrected chi connectivity index (χ3v) is 8.43. The van der Waals surface area contributed by atoms with Crippen molar-refractivity contribution in [2.24, 2.45) is 0 Å². The molecule has 0 saturated carbocycles. The van der Waals surface area contributed by atoms with Gasteiger partial charge in [-0.25, -0.2) is 9.97 Å². The van der Waals surface area contributed by atoms with Gasteiger partial charge < -0.3 is 21.3 Å². The molecule has 6 N–H and O–H groups in total. The Balaban J connectivity index is 0.997. The molecule has 0 saturated heterocycles. The molecule has 4 heterocycles. The molecule has 0 radical (unpaired) electrons. The molecule has 0 atom stereocenters. The number of benzene rings is 2. The third kappa shape index (κ3) is 10.3. The van der Waals surface area contributed by atoms with E-state index in [0.717, 1.165) is 11.6 Å². The van der Waals surface area contributed by atoms with Gasteiger partial charge in [-0.05, 0) is 60.4 Å². The molecule has 4 amide bonds. The second kappa shape index (κ2) is 17.9. The average Bonchev–Trinajstić information content (AvgIpc) is 3.92. The highest BCUT2D eigenvalue weighted by Crippen LogP contribution is 2.32. The van der Waals surface area contributed by atoms with E-state index >= 15 is 0 Å². The maximum atomic E-state index is 13.9. The smallest absolute Gasteiger partial charge is 0.352 e. The Labute approximate surface area is 321 Å². The number of H-pyrrole nitrogens is 2. The number of pyridine rings is 2. The highest BCUT2D eigenvalue weighted by molar-refractivity contribution is 5.95. The molecule has 18 heteroatoms. The largest absolute Gasteiger partial charge is 0.433 e. The number of carbonyl (C=O) groups is 4. The Bertz CT molecular complexity index is 2360. The predicted octanol–water partition coefficient (Wildman–Crippen LogP) is 5.18. The Hall–Kier alpha value is -7.24. The van der Waals surface area contributed by atoms with Gasteiger partial charge in [0.25, 0.3) is 23.6 Å². The van der Waals surface area contributed by atoms with Crippen LogP contribution in [0.1, 0.15) is 60.4 Å². The number of carbonyl (C=O) groups excluding carboxylic acids is 4. The summed E-state index contributed by atoms with van der Waals surface area (Å²) in [5.74, 6) is -3.19. The maximum absolute atomic E-state index is 13.9. The Morgan fingerprint density at radius 1 is 0.579 bits per heavy atom. The number of hydrogen-bond acceptors (Lipinski definition) is 8. The molecule has 0 aliphatic rings. The molecule has 292 valence electrons. The van der Waals surface area contributed by atoms with Gasteiger partial charge >= 0.3 is 6.18 Å². The van der Waals surface area contributed by atoms with Crippen LogP contribution in [0.5, 0.6) is 0 Å². The monoisotopic (exact) mass is 782 g/mol. The molecule has 0 bridgehead atoms. The first-order chi connectivity index (χ1) is 27.5. The van der Waals surface area contributed by atoms with Crippen molar-refractivity contribution in [1.29, 1.82) is 0 Å². The summed E-state index contributed by atoms with van der Waals surface area (Å²) >= 11 is 0. The lowest BCUT2D eigenvalue weighted by Crippen LogP contribution is -2.30. The highest BCUT2D eigenvalue weighted by atomic mass is 19.4. The van der Waals surface area contributed by atoms with Gasteiger partial charge in [0.2, 0.25) is 5.95 Å². The number of nitrogens with zero attached hydrogens (tertiary/aromatic N) is 4. The maximum Gasteiger partial charge on any atom is 0.433 e. The summed E-state index contributed by atoms with van der Waals surface area (Å²) < 4.78 is 55.2. The van der Waals surface area contributed by atoms with Crippen LogP contribution in [0.2, 0.25) is 0 Å². The van der Waals surface area contributed by atoms with Crippen LogP contribution in [0.15, 0.2) is 97.2 Å². The third-order valence-electron chi connectivity index (χ3n) is 8.43. The van der Waals surface area contributed by atoms with Crippen LogP contribution in [-0.4, -0.2) is 80.2 Å². The normalized spacial score (nSPS) is 11.2. The topological polar surface area (TPSA) is 200 Å². The highest BCUT2D eigenvalue weighted by Gasteiger charge is 2.34. The minimum absolute atomic E-state index is 0.0519. The first-order valence-electron chi connectivity index (χ1n) is 17.6. The summed E-state index contributed by atoms with van der Waals surface area (Å²) in [5.41, 5.74) is 1.37. The number of alkyl halides is 3. The van der Waals surface area contributed by atoms with Gasteiger partial charge in [0.05, 0.1) is 17.0 Å². The lowest BCUT2D eigenvalue weighted by Gasteiger charge is -2.12. The summed E-state index contributed by atoms with van der Waals surface area (Å²) in [4.78, 5) is 57.2. The van der Waals surface area contributed by atoms with E-state index in [4.69, 9.17) is 0 Å². The van der Waals surface area contributed by atoms with E-state index < -0.39 is 47.1 Å². The Morgan fingerprint density at radius 2 is 1.11 bits per heavy atom. The van der Waals surface area contributed by atoms with Gasteiger partial charge in [0.15, 0.2) is 0 Å². The number of rotatable bonds is 15. The van der Waals surface area contributed by atoms with Gasteiger partial charge in [0, 0.05) is 43.5 Å². The summed E-state index contributed by atoms with van der Waals surface area (Å²) in [7, 11) is 0. The lowest BCUT2D eigenvalue weighted by molar-refractivity contribution is -0.141. The first kappa shape index (κ1) is 39.5. The lowest BCUT2D eigenvalue weighted by atomic mass is 10.0. The summed E-state index contributed by atoms with van der Waals surface area (Å²) in [6.45, 7) is 0.600. The van der Waals surface area contributed by atoms with E-state index in [0.29, 0.717) is 28.9 Å². The summed E-state index contributed by atoms with van der Waals surface area (Å²) in [6.07, 6.45) is -2.95. The number of aromatic amines is 2. The number of hydrogen-bond donors (Lipinski definition) is 6. The molecule has 57 heavy (non-hydrogen) atoms. The van der Waals surface area contributed by atoms with Gasteiger partial charge in [-0.15, -0.1) is 0 Å². The van der Waals surface area contributed by atoms with Crippen LogP contribution in [0.3, 0.4) is 0 Å². The number of halogens is 4. The molecule has 0 spiro atoms. The van der Waals surface area contributed by atoms with Gasteiger partial charge in [-0.1, -0.05) is 54.6 Å². The molecule has 14 nitrogen and oxygen atoms in total. The number of amides is 4. The summed E-state index contributed by atoms with van der Waals surface area (Å²) in [6, 6.07) is 23.6. The van der Waals surface area contributed by atoms with Crippen molar-refractivity contribution in [1.82, 2.24) is 51.6 Å². The van der Waals surface area contributed by atoms with Crippen molar-refractivity contribution in [2.75, 3.05) is 26.2 Å². The van der Waals surface area contributed by atoms with E-state index in [9.17, 15) is 36.7 Å². The fourth-order valence-electron chi connectivity index (χ4n) is 5.49. The van der Waals surface area contributed by atoms with Crippen molar-refractivity contribution < 1.29 is 36.7 Å². The molecule has 0 aliphatic carbocycles. The zero-order chi connectivity index (χ0) is 40.4. The van der Waals surface area contributed by atoms with E-state index in [1.165, 1.54) is 30.5 Å². The SMILES string of the molecule is O=C(NCCCNC(=O)c1cc(-c2ccccc2)n[nH]1)c1cc(-c2ccc(-c3cc(C(=O)NCCCNC(=O)c4cccnc4F)[nH]n3)cc2)cc(C(F)(F)F)n1. The number of aromatic nitrogens is 6. The fourth-order valence-corrected chi connectivity index (χ4v) is 5.49. The minimum atomic E-state index is -4.83. The molecule has 4 aromatic heterocycles. The molecule has 6 rings (SSSR count). The van der Waals surface area contributed by atoms with E-state index in [2.05, 4.69) is 51.6 Å². The van der Waals surface area contributed by atoms with E-state index in [1.807, 2.05) is 30.3 Å². The summed E-state index contributed by atoms with van der Waals surface area (Å²) in [5, 5.41) is 24.1. The van der Waals surface area contributed by atoms with Crippen LogP contribution in [0.25, 0.3) is 33.6 Å². The number of nitrogens with one attached hydrogen (secondary N) is 6. The molecule has 6 aromatic rings. The van der Waals surface area contributed by atoms with Crippen molar-refractivity contribution >= 4 is 23.6 Å². The zero-order valence-corrected chi connectivity index (χ0v) is 29.9. The quantitative estimate of drug-likeness (QED) is 0.0465. The van der Waals surface area contributed by atoms with Gasteiger partial charge in [-0.3, -0.25) is 29.4 Å². The second-order valence-electron chi connectivity index (χ2n) is 12.5. The van der Waals surface area contributed by atoms with Crippen molar-refractivity contribution in [3.05, 3.63) is 131 Å². The Kier molecular flexibility index (Phi) is 12.4. The molecular formula is C39H34F4N10O4. The van der Waals surface area contributed by atoms with Crippen LogP contribution in [0, 0.1) is 5.95 Å². The van der Waals surface area contributed by atoms with E-state index in [1.54, 1.807) is 30.3 Å². The Morgan fingerprint density at radius 3 is 1.67 bits per heavy atom. The van der Waals surface area contributed by atoms with Gasteiger partial charge in [-0.2, -0.15) is 27.8 Å². The zero-order valence-electron chi connectivity index (χ0n) is 29.9. The molecular weight excluding hydrogens is 748 g/mol. The van der Waals surface area contributed by atoms with Crippen LogP contribution in [-0.2, 0) is 6.18 Å². The van der Waals surface area contributed by atoms with Gasteiger partial charge in [0.1, 0.15) is 22.8 Å². The standard InChI is InChI=1S/C39H34F4N10O4/c40-34-27(9-4-14-44-34)35(54)45-15-5-17-47-38(57)32-22-29(51-53-32)25-12-10-23(11-13-25)26-19-30(49-33(20-26)39(41,42)43)36(55)46-16-6-18-48-37(56)31-21-28(50-52-31)24-7-2-1-3-8-24/h1-4,7-14,19-22H,5-6,15-18H2,(H,45,54)(H,46,55)(H,47,57)(H,48,56)(H,50,52)(H,51,53). The van der Waals surface area contributed by atoms with Crippen LogP contribution >= 0.6 is 0 Å². The molecule has 0 fully saturated rings. The van der Waals surface area contributed by atoms with Crippen molar-refractivity contribution in [2.45, 2.75) is 19.0 Å². The second-order valence-corrected chi connectivity index (χ2v) is 12.5. The van der Waals surface area contributed by atoms with Crippen LogP contribution < -0.4 is 21.3 Å². The minimum Gasteiger partial charge on any atom is -0.352 e. The molecule has 0 aliphatic heterocycles. The van der Waals surface area contributed by atoms with E-state index in [-0.39, 0.29) is 55.1 Å². The van der Waals surface area contributed by atoms with Crippen LogP contribution in [0.4, 0.5) is 17.6 Å². The predicted molar refractivity (Wildman–Crippen MR) is 199 cm³/mol. The fraction of sp³-hybridized carbons (Fsp3) is 0.179. The van der Waals surface area contributed by atoms with Crippen molar-refractivity contribution in [3.63, 3.8) is 0 Å². The molecule has 0 unspecified atom stereocenters. The van der Waals surface area contributed by atoms with Crippen molar-refractivity contribution in [3.8, 4) is 33.6 Å². The average molecular weight is 783 g/mol. The first-order valence-corrected chi connectivity index (χ1v) is 17.6.